The molecule has 3 saturated heterocycles. The minimum atomic E-state index is 0.398. The van der Waals surface area contributed by atoms with Crippen LogP contribution in [0.25, 0.3) is 0 Å². The van der Waals surface area contributed by atoms with Crippen LogP contribution in [0, 0.1) is 11.3 Å². The monoisotopic (exact) mass is 336 g/mol. The van der Waals surface area contributed by atoms with Gasteiger partial charge in [-0.2, -0.15) is 0 Å². The topological polar surface area (TPSA) is 40.1 Å². The molecule has 24 heavy (non-hydrogen) atoms. The predicted molar refractivity (Wildman–Crippen MR) is 99.5 cm³/mol. The van der Waals surface area contributed by atoms with Crippen LogP contribution in [0.1, 0.15) is 46.0 Å². The second-order valence-electron chi connectivity index (χ2n) is 8.14. The fourth-order valence-corrected chi connectivity index (χ4v) is 4.40. The standard InChI is InChI=1S/C19H36N4O/c1-3-20-18(23-11-7-19(15-23)8-12-24-16-19)21-13-17(2)14-22-9-5-4-6-10-22/h17H,3-16H2,1-2H3,(H,20,21). The average molecular weight is 337 g/mol. The summed E-state index contributed by atoms with van der Waals surface area (Å²) in [5.74, 6) is 1.75. The molecular formula is C19H36N4O. The van der Waals surface area contributed by atoms with Crippen LogP contribution in [-0.2, 0) is 4.74 Å². The minimum Gasteiger partial charge on any atom is -0.381 e. The minimum absolute atomic E-state index is 0.398. The maximum absolute atomic E-state index is 5.66. The van der Waals surface area contributed by atoms with E-state index in [0.29, 0.717) is 11.3 Å². The molecule has 1 N–H and O–H groups in total. The zero-order chi connectivity index (χ0) is 16.8. The number of hydrogen-bond donors (Lipinski definition) is 1. The Kier molecular flexibility index (Phi) is 6.39. The quantitative estimate of drug-likeness (QED) is 0.617. The number of hydrogen-bond acceptors (Lipinski definition) is 3. The molecule has 3 rings (SSSR count). The number of likely N-dealkylation sites (tertiary alicyclic amines) is 2. The summed E-state index contributed by atoms with van der Waals surface area (Å²) < 4.78 is 5.66. The Morgan fingerprint density at radius 1 is 1.21 bits per heavy atom. The van der Waals surface area contributed by atoms with Crippen LogP contribution in [-0.4, -0.2) is 74.8 Å². The molecule has 0 aromatic carbocycles. The summed E-state index contributed by atoms with van der Waals surface area (Å²) in [4.78, 5) is 10.1. The maximum Gasteiger partial charge on any atom is 0.193 e. The van der Waals surface area contributed by atoms with E-state index >= 15 is 0 Å². The first-order valence-electron chi connectivity index (χ1n) is 10.0. The molecule has 5 nitrogen and oxygen atoms in total. The number of ether oxygens (including phenoxy) is 1. The molecule has 0 amide bonds. The van der Waals surface area contributed by atoms with Gasteiger partial charge in [-0.15, -0.1) is 0 Å². The van der Waals surface area contributed by atoms with Crippen LogP contribution in [0.4, 0.5) is 0 Å². The Labute approximate surface area is 147 Å². The molecular weight excluding hydrogens is 300 g/mol. The zero-order valence-electron chi connectivity index (χ0n) is 15.7. The SMILES string of the molecule is CCNC(=NCC(C)CN1CCCCC1)N1CCC2(CCOC2)C1. The van der Waals surface area contributed by atoms with Gasteiger partial charge in [0.1, 0.15) is 0 Å². The lowest BCUT2D eigenvalue weighted by molar-refractivity contribution is 0.156. The Morgan fingerprint density at radius 3 is 2.75 bits per heavy atom. The lowest BCUT2D eigenvalue weighted by Gasteiger charge is -2.29. The molecule has 0 saturated carbocycles. The molecule has 0 aliphatic carbocycles. The second-order valence-corrected chi connectivity index (χ2v) is 8.14. The first-order valence-corrected chi connectivity index (χ1v) is 10.0. The number of nitrogens with one attached hydrogen (secondary N) is 1. The smallest absolute Gasteiger partial charge is 0.193 e. The Balaban J connectivity index is 1.51. The summed E-state index contributed by atoms with van der Waals surface area (Å²) in [5, 5.41) is 3.51. The molecule has 138 valence electrons. The third-order valence-corrected chi connectivity index (χ3v) is 5.83. The van der Waals surface area contributed by atoms with E-state index in [4.69, 9.17) is 9.73 Å². The molecule has 3 aliphatic heterocycles. The van der Waals surface area contributed by atoms with E-state index in [-0.39, 0.29) is 0 Å². The molecule has 3 aliphatic rings. The van der Waals surface area contributed by atoms with E-state index < -0.39 is 0 Å². The van der Waals surface area contributed by atoms with E-state index in [1.54, 1.807) is 0 Å². The van der Waals surface area contributed by atoms with Crippen molar-refractivity contribution in [3.63, 3.8) is 0 Å². The van der Waals surface area contributed by atoms with Crippen molar-refractivity contribution in [3.05, 3.63) is 0 Å². The third kappa shape index (κ3) is 4.63. The van der Waals surface area contributed by atoms with Crippen LogP contribution in [0.5, 0.6) is 0 Å². The van der Waals surface area contributed by atoms with Gasteiger partial charge in [0.25, 0.3) is 0 Å². The van der Waals surface area contributed by atoms with E-state index in [9.17, 15) is 0 Å². The van der Waals surface area contributed by atoms with Gasteiger partial charge in [-0.1, -0.05) is 13.3 Å². The van der Waals surface area contributed by atoms with Crippen molar-refractivity contribution in [2.75, 3.05) is 59.0 Å². The fraction of sp³-hybridized carbons (Fsp3) is 0.947. The molecule has 3 heterocycles. The summed E-state index contributed by atoms with van der Waals surface area (Å²) in [6.07, 6.45) is 6.62. The van der Waals surface area contributed by atoms with E-state index in [1.807, 2.05) is 0 Å². The number of piperidine rings is 1. The van der Waals surface area contributed by atoms with Gasteiger partial charge in [0.2, 0.25) is 0 Å². The first-order chi connectivity index (χ1) is 11.7. The Hall–Kier alpha value is -0.810. The highest BCUT2D eigenvalue weighted by molar-refractivity contribution is 5.80. The third-order valence-electron chi connectivity index (χ3n) is 5.83. The van der Waals surface area contributed by atoms with Gasteiger partial charge in [-0.25, -0.2) is 0 Å². The van der Waals surface area contributed by atoms with Crippen molar-refractivity contribution in [2.45, 2.75) is 46.0 Å². The van der Waals surface area contributed by atoms with Gasteiger partial charge in [0, 0.05) is 44.7 Å². The largest absolute Gasteiger partial charge is 0.381 e. The molecule has 1 spiro atoms. The number of guanidine groups is 1. The summed E-state index contributed by atoms with van der Waals surface area (Å²) in [5.41, 5.74) is 0.398. The van der Waals surface area contributed by atoms with Crippen molar-refractivity contribution in [3.8, 4) is 0 Å². The summed E-state index contributed by atoms with van der Waals surface area (Å²) in [6, 6.07) is 0. The summed E-state index contributed by atoms with van der Waals surface area (Å²) in [7, 11) is 0. The van der Waals surface area contributed by atoms with Crippen LogP contribution in [0.2, 0.25) is 0 Å². The van der Waals surface area contributed by atoms with Crippen LogP contribution < -0.4 is 5.32 Å². The van der Waals surface area contributed by atoms with Crippen molar-refractivity contribution >= 4 is 5.96 Å². The number of nitrogens with zero attached hydrogens (tertiary/aromatic N) is 3. The molecule has 2 atom stereocenters. The molecule has 0 aromatic heterocycles. The van der Waals surface area contributed by atoms with Crippen molar-refractivity contribution in [1.82, 2.24) is 15.1 Å². The van der Waals surface area contributed by atoms with Crippen molar-refractivity contribution in [2.24, 2.45) is 16.3 Å². The summed E-state index contributed by atoms with van der Waals surface area (Å²) >= 11 is 0. The maximum atomic E-state index is 5.66. The molecule has 3 fully saturated rings. The molecule has 2 unspecified atom stereocenters. The Morgan fingerprint density at radius 2 is 2.04 bits per heavy atom. The first kappa shape index (κ1) is 18.0. The normalized spacial score (nSPS) is 30.2. The van der Waals surface area contributed by atoms with Gasteiger partial charge in [-0.05, 0) is 51.6 Å². The Bertz CT molecular complexity index is 414. The summed E-state index contributed by atoms with van der Waals surface area (Å²) in [6.45, 7) is 14.2. The van der Waals surface area contributed by atoms with Gasteiger partial charge >= 0.3 is 0 Å². The van der Waals surface area contributed by atoms with Crippen molar-refractivity contribution in [1.29, 1.82) is 0 Å². The molecule has 0 aromatic rings. The fourth-order valence-electron chi connectivity index (χ4n) is 4.40. The van der Waals surface area contributed by atoms with Gasteiger partial charge < -0.3 is 19.9 Å². The van der Waals surface area contributed by atoms with Gasteiger partial charge in [0.05, 0.1) is 6.61 Å². The molecule has 0 bridgehead atoms. The molecule has 5 heteroatoms. The zero-order valence-corrected chi connectivity index (χ0v) is 15.7. The highest BCUT2D eigenvalue weighted by Gasteiger charge is 2.42. The highest BCUT2D eigenvalue weighted by Crippen LogP contribution is 2.38. The number of rotatable bonds is 5. The van der Waals surface area contributed by atoms with E-state index in [0.717, 1.165) is 45.4 Å². The van der Waals surface area contributed by atoms with Crippen molar-refractivity contribution < 1.29 is 4.74 Å². The average Bonchev–Trinajstić information content (AvgIpc) is 3.23. The highest BCUT2D eigenvalue weighted by atomic mass is 16.5. The lowest BCUT2D eigenvalue weighted by atomic mass is 9.87. The number of aliphatic imine (C=N–C) groups is 1. The van der Waals surface area contributed by atoms with Gasteiger partial charge in [-0.3, -0.25) is 4.99 Å². The van der Waals surface area contributed by atoms with Crippen LogP contribution >= 0.6 is 0 Å². The molecule has 0 radical (unpaired) electrons. The van der Waals surface area contributed by atoms with Crippen LogP contribution in [0.15, 0.2) is 4.99 Å². The lowest BCUT2D eigenvalue weighted by Crippen LogP contribution is -2.42. The second kappa shape index (κ2) is 8.52. The predicted octanol–water partition coefficient (Wildman–Crippen LogP) is 2.19. The van der Waals surface area contributed by atoms with Gasteiger partial charge in [0.15, 0.2) is 5.96 Å². The van der Waals surface area contributed by atoms with E-state index in [2.05, 4.69) is 29.0 Å². The van der Waals surface area contributed by atoms with Crippen LogP contribution in [0.3, 0.4) is 0 Å². The van der Waals surface area contributed by atoms with E-state index in [1.165, 1.54) is 51.7 Å².